The Hall–Kier alpha value is -2.25. The molecule has 0 spiro atoms. The molecule has 1 aromatic carbocycles. The van der Waals surface area contributed by atoms with Crippen molar-refractivity contribution in [1.82, 2.24) is 9.97 Å². The average Bonchev–Trinajstić information content (AvgIpc) is 2.66. The summed E-state index contributed by atoms with van der Waals surface area (Å²) in [4.78, 5) is 21.3. The molecule has 1 aromatic heterocycles. The van der Waals surface area contributed by atoms with E-state index in [4.69, 9.17) is 0 Å². The Bertz CT molecular complexity index is 851. The Morgan fingerprint density at radius 2 is 1.93 bits per heavy atom. The molecule has 0 saturated heterocycles. The zero-order valence-electron chi connectivity index (χ0n) is 16.6. The third-order valence-electron chi connectivity index (χ3n) is 4.26. The lowest BCUT2D eigenvalue weighted by Crippen LogP contribution is -2.12. The van der Waals surface area contributed by atoms with Crippen LogP contribution in [0.2, 0.25) is 0 Å². The summed E-state index contributed by atoms with van der Waals surface area (Å²) in [5.74, 6) is -0.0415. The summed E-state index contributed by atoms with van der Waals surface area (Å²) in [5.41, 5.74) is 2.75. The summed E-state index contributed by atoms with van der Waals surface area (Å²) in [6.07, 6.45) is 3.05. The average molecular weight is 404 g/mol. The van der Waals surface area contributed by atoms with Gasteiger partial charge in [-0.1, -0.05) is 33.6 Å². The second-order valence-electron chi connectivity index (χ2n) is 6.92. The molecule has 28 heavy (non-hydrogen) atoms. The van der Waals surface area contributed by atoms with Gasteiger partial charge in [0, 0.05) is 24.6 Å². The molecule has 7 heteroatoms. The highest BCUT2D eigenvalue weighted by molar-refractivity contribution is 7.81. The van der Waals surface area contributed by atoms with E-state index in [-0.39, 0.29) is 23.9 Å². The molecular weight excluding hydrogens is 377 g/mol. The number of hydrogen-bond donors (Lipinski definition) is 2. The molecule has 5 nitrogen and oxygen atoms in total. The summed E-state index contributed by atoms with van der Waals surface area (Å²) >= 11 is 4.30. The number of thiol groups is 1. The first kappa shape index (κ1) is 22.0. The van der Waals surface area contributed by atoms with Crippen molar-refractivity contribution in [3.05, 3.63) is 47.4 Å². The molecule has 0 aliphatic carbocycles. The maximum absolute atomic E-state index is 13.4. The molecule has 1 N–H and O–H groups in total. The Labute approximate surface area is 170 Å². The van der Waals surface area contributed by atoms with E-state index in [1.54, 1.807) is 25.3 Å². The van der Waals surface area contributed by atoms with Gasteiger partial charge >= 0.3 is 0 Å². The molecule has 0 saturated carbocycles. The number of aromatic nitrogens is 2. The van der Waals surface area contributed by atoms with Gasteiger partial charge in [-0.25, -0.2) is 14.4 Å². The van der Waals surface area contributed by atoms with Gasteiger partial charge in [0.2, 0.25) is 5.95 Å². The van der Waals surface area contributed by atoms with Crippen molar-refractivity contribution in [3.63, 3.8) is 0 Å². The van der Waals surface area contributed by atoms with Gasteiger partial charge in [-0.2, -0.15) is 0 Å². The van der Waals surface area contributed by atoms with Crippen molar-refractivity contribution >= 4 is 30.6 Å². The quantitative estimate of drug-likeness (QED) is 0.504. The number of hydrogen-bond acceptors (Lipinski definition) is 6. The van der Waals surface area contributed by atoms with Crippen LogP contribution in [0.5, 0.6) is 0 Å². The van der Waals surface area contributed by atoms with Crippen molar-refractivity contribution < 1.29 is 14.3 Å². The van der Waals surface area contributed by atoms with Crippen LogP contribution in [0, 0.1) is 5.82 Å². The number of rotatable bonds is 8. The molecule has 150 valence electrons. The molecule has 0 amide bonds. The minimum absolute atomic E-state index is 0.0604. The van der Waals surface area contributed by atoms with Crippen LogP contribution in [0.25, 0.3) is 17.3 Å². The molecule has 1 atom stereocenters. The van der Waals surface area contributed by atoms with E-state index in [2.05, 4.69) is 22.8 Å². The SMILES string of the molecule is CC[C@H](O)CC(=O)/C=C/c1c(-c2ccc(F)cc2)nc(N(C)S)nc1C(C)C. The van der Waals surface area contributed by atoms with Gasteiger partial charge in [-0.15, -0.1) is 0 Å². The predicted molar refractivity (Wildman–Crippen MR) is 114 cm³/mol. The predicted octanol–water partition coefficient (Wildman–Crippen LogP) is 4.43. The number of carbonyl (C=O) groups excluding carboxylic acids is 1. The fourth-order valence-electron chi connectivity index (χ4n) is 2.67. The number of anilines is 1. The van der Waals surface area contributed by atoms with E-state index >= 15 is 0 Å². The van der Waals surface area contributed by atoms with Crippen LogP contribution in [0.3, 0.4) is 0 Å². The number of benzene rings is 1. The zero-order chi connectivity index (χ0) is 20.8. The van der Waals surface area contributed by atoms with Crippen LogP contribution >= 0.6 is 12.8 Å². The first-order valence-corrected chi connectivity index (χ1v) is 9.62. The highest BCUT2D eigenvalue weighted by Gasteiger charge is 2.18. The second-order valence-corrected chi connectivity index (χ2v) is 7.52. The summed E-state index contributed by atoms with van der Waals surface area (Å²) < 4.78 is 14.9. The Morgan fingerprint density at radius 3 is 2.46 bits per heavy atom. The lowest BCUT2D eigenvalue weighted by molar-refractivity contribution is -0.116. The van der Waals surface area contributed by atoms with Crippen molar-refractivity contribution in [1.29, 1.82) is 0 Å². The van der Waals surface area contributed by atoms with Crippen LogP contribution < -0.4 is 4.31 Å². The maximum atomic E-state index is 13.4. The molecule has 0 unspecified atom stereocenters. The number of ketones is 1. The van der Waals surface area contributed by atoms with Crippen molar-refractivity contribution in [2.45, 2.75) is 45.6 Å². The van der Waals surface area contributed by atoms with Crippen LogP contribution in [-0.4, -0.2) is 34.0 Å². The number of carbonyl (C=O) groups is 1. The lowest BCUT2D eigenvalue weighted by Gasteiger charge is -2.18. The molecule has 2 rings (SSSR count). The van der Waals surface area contributed by atoms with Gasteiger partial charge < -0.3 is 5.11 Å². The maximum Gasteiger partial charge on any atom is 0.235 e. The largest absolute Gasteiger partial charge is 0.393 e. The van der Waals surface area contributed by atoms with Crippen molar-refractivity contribution in [3.8, 4) is 11.3 Å². The Morgan fingerprint density at radius 1 is 1.29 bits per heavy atom. The smallest absolute Gasteiger partial charge is 0.235 e. The molecule has 0 fully saturated rings. The summed E-state index contributed by atoms with van der Waals surface area (Å²) in [6.45, 7) is 5.82. The molecule has 1 heterocycles. The molecular formula is C21H26FN3O2S. The van der Waals surface area contributed by atoms with E-state index in [0.717, 1.165) is 5.69 Å². The van der Waals surface area contributed by atoms with Crippen LogP contribution in [0.15, 0.2) is 30.3 Å². The fourth-order valence-corrected chi connectivity index (χ4v) is 2.76. The number of aliphatic hydroxyl groups is 1. The standard InChI is InChI=1S/C21H26FN3O2S/c1-5-16(26)12-17(27)10-11-18-19(13(2)3)23-21(25(4)28)24-20(18)14-6-8-15(22)9-7-14/h6-11,13,16,26,28H,5,12H2,1-4H3/b11-10+/t16-/m0/s1. The monoisotopic (exact) mass is 403 g/mol. The highest BCUT2D eigenvalue weighted by Crippen LogP contribution is 2.31. The highest BCUT2D eigenvalue weighted by atomic mass is 32.1. The summed E-state index contributed by atoms with van der Waals surface area (Å²) in [6, 6.07) is 6.02. The number of allylic oxidation sites excluding steroid dienone is 1. The number of nitrogens with zero attached hydrogens (tertiary/aromatic N) is 3. The van der Waals surface area contributed by atoms with Gasteiger partial charge in [-0.3, -0.25) is 9.10 Å². The lowest BCUT2D eigenvalue weighted by atomic mass is 9.97. The molecule has 0 aliphatic heterocycles. The summed E-state index contributed by atoms with van der Waals surface area (Å²) in [5, 5.41) is 9.70. The van der Waals surface area contributed by atoms with E-state index in [1.807, 2.05) is 20.8 Å². The van der Waals surface area contributed by atoms with E-state index in [0.29, 0.717) is 29.2 Å². The second kappa shape index (κ2) is 9.80. The normalized spacial score (nSPS) is 12.6. The van der Waals surface area contributed by atoms with Gasteiger partial charge in [0.1, 0.15) is 5.82 Å². The van der Waals surface area contributed by atoms with Crippen molar-refractivity contribution in [2.24, 2.45) is 0 Å². The molecule has 0 aliphatic rings. The third kappa shape index (κ3) is 5.62. The third-order valence-corrected chi connectivity index (χ3v) is 4.44. The van der Waals surface area contributed by atoms with E-state index in [1.165, 1.54) is 22.5 Å². The van der Waals surface area contributed by atoms with Crippen molar-refractivity contribution in [2.75, 3.05) is 11.4 Å². The number of halogens is 1. The molecule has 0 radical (unpaired) electrons. The molecule has 2 aromatic rings. The van der Waals surface area contributed by atoms with Crippen LogP contribution in [-0.2, 0) is 4.79 Å². The van der Waals surface area contributed by atoms with Gasteiger partial charge in [0.15, 0.2) is 5.78 Å². The fraction of sp³-hybridized carbons (Fsp3) is 0.381. The first-order valence-electron chi connectivity index (χ1n) is 9.22. The first-order chi connectivity index (χ1) is 13.2. The van der Waals surface area contributed by atoms with Crippen LogP contribution in [0.1, 0.15) is 50.8 Å². The zero-order valence-corrected chi connectivity index (χ0v) is 17.4. The Kier molecular flexibility index (Phi) is 7.71. The van der Waals surface area contributed by atoms with Gasteiger partial charge in [-0.05, 0) is 48.8 Å². The van der Waals surface area contributed by atoms with Gasteiger partial charge in [0.25, 0.3) is 0 Å². The van der Waals surface area contributed by atoms with Gasteiger partial charge in [0.05, 0.1) is 17.5 Å². The number of aliphatic hydroxyl groups excluding tert-OH is 1. The Balaban J connectivity index is 2.60. The minimum Gasteiger partial charge on any atom is -0.393 e. The van der Waals surface area contributed by atoms with E-state index < -0.39 is 6.10 Å². The topological polar surface area (TPSA) is 66.3 Å². The molecule has 0 bridgehead atoms. The minimum atomic E-state index is -0.658. The van der Waals surface area contributed by atoms with E-state index in [9.17, 15) is 14.3 Å². The summed E-state index contributed by atoms with van der Waals surface area (Å²) in [7, 11) is 1.72. The van der Waals surface area contributed by atoms with Crippen LogP contribution in [0.4, 0.5) is 10.3 Å².